The van der Waals surface area contributed by atoms with E-state index in [0.717, 1.165) is 18.4 Å². The predicted molar refractivity (Wildman–Crippen MR) is 126 cm³/mol. The minimum absolute atomic E-state index is 0.0476. The van der Waals surface area contributed by atoms with Crippen LogP contribution in [-0.2, 0) is 8.82 Å². The topological polar surface area (TPSA) is 45.3 Å². The second kappa shape index (κ2) is 8.33. The summed E-state index contributed by atoms with van der Waals surface area (Å²) in [5, 5.41) is 1.24. The van der Waals surface area contributed by atoms with Gasteiger partial charge in [0.15, 0.2) is 0 Å². The second-order valence-corrected chi connectivity index (χ2v) is 10.9. The van der Waals surface area contributed by atoms with E-state index in [9.17, 15) is 4.79 Å². The van der Waals surface area contributed by atoms with Crippen molar-refractivity contribution in [1.29, 1.82) is 0 Å². The molecule has 3 aromatic rings. The van der Waals surface area contributed by atoms with Crippen molar-refractivity contribution < 1.29 is 9.53 Å². The van der Waals surface area contributed by atoms with Crippen molar-refractivity contribution in [2.24, 2.45) is 0 Å². The third-order valence-corrected chi connectivity index (χ3v) is 9.69. The second-order valence-electron chi connectivity index (χ2n) is 7.82. The number of nitrogens with zero attached hydrogens (tertiary/aromatic N) is 1. The number of methoxy groups -OCH3 is 1. The van der Waals surface area contributed by atoms with Gasteiger partial charge in [-0.05, 0) is 31.0 Å². The van der Waals surface area contributed by atoms with Gasteiger partial charge in [0.1, 0.15) is 4.08 Å². The van der Waals surface area contributed by atoms with Crippen LogP contribution in [0.3, 0.4) is 0 Å². The molecule has 2 aromatic carbocycles. The molecule has 1 N–H and O–H groups in total. The number of fused-ring (bicyclic) bond motifs is 4. The maximum atomic E-state index is 13.6. The molecule has 6 heteroatoms. The number of nitrogens with one attached hydrogen (secondary N) is 1. The van der Waals surface area contributed by atoms with Crippen molar-refractivity contribution in [2.75, 3.05) is 31.8 Å². The van der Waals surface area contributed by atoms with Crippen LogP contribution in [0.25, 0.3) is 10.9 Å². The molecule has 1 amide bonds. The molecular weight excluding hydrogens is 412 g/mol. The maximum Gasteiger partial charge on any atom is 0.254 e. The van der Waals surface area contributed by atoms with Gasteiger partial charge in [-0.1, -0.05) is 36.4 Å². The first kappa shape index (κ1) is 20.0. The molecule has 1 saturated heterocycles. The Morgan fingerprint density at radius 3 is 2.63 bits per heavy atom. The zero-order valence-corrected chi connectivity index (χ0v) is 18.7. The van der Waals surface area contributed by atoms with E-state index in [2.05, 4.69) is 52.8 Å². The fourth-order valence-electron chi connectivity index (χ4n) is 4.80. The number of rotatable bonds is 5. The van der Waals surface area contributed by atoms with E-state index < -0.39 is 0 Å². The lowest BCUT2D eigenvalue weighted by atomic mass is 9.88. The molecule has 1 atom stereocenters. The van der Waals surface area contributed by atoms with E-state index in [1.165, 1.54) is 33.7 Å². The third-order valence-electron chi connectivity index (χ3n) is 6.16. The van der Waals surface area contributed by atoms with Crippen LogP contribution < -0.4 is 0 Å². The number of aromatic amines is 1. The lowest BCUT2D eigenvalue weighted by Gasteiger charge is -2.41. The van der Waals surface area contributed by atoms with Crippen LogP contribution in [0, 0.1) is 0 Å². The molecule has 0 radical (unpaired) electrons. The zero-order chi connectivity index (χ0) is 20.6. The molecule has 0 saturated carbocycles. The summed E-state index contributed by atoms with van der Waals surface area (Å²) < 4.78 is 5.48. The van der Waals surface area contributed by atoms with E-state index in [4.69, 9.17) is 4.74 Å². The number of amides is 1. The Labute approximate surface area is 185 Å². The smallest absolute Gasteiger partial charge is 0.254 e. The largest absolute Gasteiger partial charge is 0.383 e. The molecule has 1 aliphatic carbocycles. The van der Waals surface area contributed by atoms with Gasteiger partial charge in [0.25, 0.3) is 5.91 Å². The van der Waals surface area contributed by atoms with Gasteiger partial charge in [-0.3, -0.25) is 4.79 Å². The summed E-state index contributed by atoms with van der Waals surface area (Å²) in [6.07, 6.45) is 2.04. The van der Waals surface area contributed by atoms with E-state index >= 15 is 0 Å². The first-order valence-corrected chi connectivity index (χ1v) is 12.4. The molecule has 1 fully saturated rings. The Morgan fingerprint density at radius 1 is 1.13 bits per heavy atom. The third kappa shape index (κ3) is 3.35. The number of hydrogen-bond donors (Lipinski definition) is 1. The van der Waals surface area contributed by atoms with E-state index in [1.807, 2.05) is 35.2 Å². The van der Waals surface area contributed by atoms with Crippen molar-refractivity contribution in [3.63, 3.8) is 0 Å². The molecule has 30 heavy (non-hydrogen) atoms. The first-order valence-electron chi connectivity index (χ1n) is 10.5. The normalized spacial score (nSPS) is 19.8. The summed E-state index contributed by atoms with van der Waals surface area (Å²) in [5.74, 6) is 2.44. The van der Waals surface area contributed by atoms with Crippen LogP contribution >= 0.6 is 23.5 Å². The van der Waals surface area contributed by atoms with Crippen LogP contribution in [0.1, 0.15) is 40.5 Å². The standard InChI is InChI=1S/C24H26N2O2S2/c1-28-14-13-26(23(27)17-7-3-2-4-8-17)20-11-12-24(29-15-16-30-24)22-21(20)18-9-5-6-10-19(18)25-22/h2-10,20,25H,11-16H2,1H3/t20-/m1/s1. The molecule has 0 unspecified atom stereocenters. The molecule has 0 bridgehead atoms. The molecule has 5 rings (SSSR count). The minimum atomic E-state index is 0.0476. The molecule has 1 aromatic heterocycles. The fraction of sp³-hybridized carbons (Fsp3) is 0.375. The summed E-state index contributed by atoms with van der Waals surface area (Å²) in [7, 11) is 1.70. The molecular formula is C24H26N2O2S2. The van der Waals surface area contributed by atoms with Gasteiger partial charge in [0, 0.05) is 52.9 Å². The highest BCUT2D eigenvalue weighted by Crippen LogP contribution is 2.60. The van der Waals surface area contributed by atoms with Crippen molar-refractivity contribution in [3.05, 3.63) is 71.4 Å². The number of aromatic nitrogens is 1. The zero-order valence-electron chi connectivity index (χ0n) is 17.1. The summed E-state index contributed by atoms with van der Waals surface area (Å²) in [6, 6.07) is 18.2. The average molecular weight is 439 g/mol. The van der Waals surface area contributed by atoms with Gasteiger partial charge < -0.3 is 14.6 Å². The van der Waals surface area contributed by atoms with Crippen molar-refractivity contribution in [3.8, 4) is 0 Å². The Bertz CT molecular complexity index is 1040. The van der Waals surface area contributed by atoms with Crippen LogP contribution in [0.5, 0.6) is 0 Å². The fourth-order valence-corrected chi connectivity index (χ4v) is 8.09. The Morgan fingerprint density at radius 2 is 1.87 bits per heavy atom. The number of para-hydroxylation sites is 1. The average Bonchev–Trinajstić information content (AvgIpc) is 3.42. The Hall–Kier alpha value is -1.89. The monoisotopic (exact) mass is 438 g/mol. The van der Waals surface area contributed by atoms with Crippen LogP contribution in [0.4, 0.5) is 0 Å². The lowest BCUT2D eigenvalue weighted by Crippen LogP contribution is -2.40. The number of H-pyrrole nitrogens is 1. The molecule has 1 aliphatic heterocycles. The molecule has 2 heterocycles. The lowest BCUT2D eigenvalue weighted by molar-refractivity contribution is 0.0576. The molecule has 2 aliphatic rings. The quantitative estimate of drug-likeness (QED) is 0.577. The number of thioether (sulfide) groups is 2. The number of carbonyl (C=O) groups is 1. The highest BCUT2D eigenvalue weighted by atomic mass is 32.2. The van der Waals surface area contributed by atoms with Crippen LogP contribution in [0.15, 0.2) is 54.6 Å². The number of ether oxygens (including phenoxy) is 1. The van der Waals surface area contributed by atoms with Crippen molar-refractivity contribution in [1.82, 2.24) is 9.88 Å². The predicted octanol–water partition coefficient (Wildman–Crippen LogP) is 5.42. The molecule has 4 nitrogen and oxygen atoms in total. The molecule has 1 spiro atoms. The van der Waals surface area contributed by atoms with E-state index in [1.54, 1.807) is 7.11 Å². The first-order chi connectivity index (χ1) is 14.7. The van der Waals surface area contributed by atoms with Gasteiger partial charge >= 0.3 is 0 Å². The highest BCUT2D eigenvalue weighted by molar-refractivity contribution is 8.20. The number of carbonyl (C=O) groups excluding carboxylic acids is 1. The number of benzene rings is 2. The van der Waals surface area contributed by atoms with E-state index in [-0.39, 0.29) is 16.0 Å². The van der Waals surface area contributed by atoms with Gasteiger partial charge in [0.2, 0.25) is 0 Å². The maximum absolute atomic E-state index is 13.6. The SMILES string of the molecule is COCCN(C(=O)c1ccccc1)[C@@H]1CCC2(SCCS2)c2[nH]c3ccccc3c21. The summed E-state index contributed by atoms with van der Waals surface area (Å²) in [4.78, 5) is 19.4. The summed E-state index contributed by atoms with van der Waals surface area (Å²) in [5.41, 5.74) is 4.52. The van der Waals surface area contributed by atoms with Crippen LogP contribution in [-0.4, -0.2) is 47.6 Å². The number of hydrogen-bond acceptors (Lipinski definition) is 4. The van der Waals surface area contributed by atoms with Crippen molar-refractivity contribution >= 4 is 40.3 Å². The van der Waals surface area contributed by atoms with Crippen LogP contribution in [0.2, 0.25) is 0 Å². The van der Waals surface area contributed by atoms with Gasteiger partial charge in [0.05, 0.1) is 12.6 Å². The van der Waals surface area contributed by atoms with E-state index in [0.29, 0.717) is 13.2 Å². The van der Waals surface area contributed by atoms with Gasteiger partial charge in [-0.15, -0.1) is 23.5 Å². The van der Waals surface area contributed by atoms with Gasteiger partial charge in [-0.2, -0.15) is 0 Å². The minimum Gasteiger partial charge on any atom is -0.383 e. The Balaban J connectivity index is 1.62. The van der Waals surface area contributed by atoms with Gasteiger partial charge in [-0.25, -0.2) is 0 Å². The molecule has 156 valence electrons. The Kier molecular flexibility index (Phi) is 5.56. The van der Waals surface area contributed by atoms with Crippen molar-refractivity contribution in [2.45, 2.75) is 23.0 Å². The summed E-state index contributed by atoms with van der Waals surface area (Å²) in [6.45, 7) is 1.11. The summed E-state index contributed by atoms with van der Waals surface area (Å²) >= 11 is 4.13. The highest BCUT2D eigenvalue weighted by Gasteiger charge is 2.47.